The van der Waals surface area contributed by atoms with E-state index in [-0.39, 0.29) is 52.9 Å². The summed E-state index contributed by atoms with van der Waals surface area (Å²) in [4.78, 5) is 82.0. The monoisotopic (exact) mass is 1170 g/mol. The summed E-state index contributed by atoms with van der Waals surface area (Å²) in [5, 5.41) is 16.2. The number of amides is 5. The Hall–Kier alpha value is -9.96. The van der Waals surface area contributed by atoms with Gasteiger partial charge in [0.1, 0.15) is 45.8 Å². The predicted molar refractivity (Wildman–Crippen MR) is 304 cm³/mol. The predicted octanol–water partition coefficient (Wildman–Crippen LogP) is 8.88. The van der Waals surface area contributed by atoms with Crippen molar-refractivity contribution in [1.82, 2.24) is 44.6 Å². The molecule has 9 rings (SSSR count). The van der Waals surface area contributed by atoms with Crippen LogP contribution in [0.2, 0.25) is 0 Å². The van der Waals surface area contributed by atoms with Crippen LogP contribution in [-0.2, 0) is 26.7 Å². The Balaban J connectivity index is 0.000000219. The van der Waals surface area contributed by atoms with Crippen LogP contribution in [0.15, 0.2) is 111 Å². The Morgan fingerprint density at radius 1 is 0.571 bits per heavy atom. The van der Waals surface area contributed by atoms with Gasteiger partial charge in [-0.25, -0.2) is 14.8 Å². The zero-order valence-electron chi connectivity index (χ0n) is 45.9. The van der Waals surface area contributed by atoms with Crippen LogP contribution in [-0.4, -0.2) is 149 Å². The molecule has 6 heterocycles. The number of piperazine rings is 2. The maximum Gasteiger partial charge on any atom is 0.421 e. The highest BCUT2D eigenvalue weighted by molar-refractivity contribution is 6.00. The van der Waals surface area contributed by atoms with Crippen molar-refractivity contribution < 1.29 is 55.0 Å². The van der Waals surface area contributed by atoms with Gasteiger partial charge in [-0.3, -0.25) is 14.4 Å². The van der Waals surface area contributed by atoms with Crippen LogP contribution in [0.3, 0.4) is 0 Å². The number of pyridine rings is 2. The lowest BCUT2D eigenvalue weighted by Crippen LogP contribution is -2.51. The number of methoxy groups -OCH3 is 2. The van der Waals surface area contributed by atoms with Crippen molar-refractivity contribution in [1.29, 1.82) is 0 Å². The summed E-state index contributed by atoms with van der Waals surface area (Å²) in [6.45, 7) is 11.4. The maximum absolute atomic E-state index is 13.8. The lowest BCUT2D eigenvalue weighted by Gasteiger charge is -2.36. The molecule has 29 heteroatoms. The molecule has 0 spiro atoms. The molecule has 23 nitrogen and oxygen atoms in total. The summed E-state index contributed by atoms with van der Waals surface area (Å²) in [5.41, 5.74) is -0.247. The Bertz CT molecular complexity index is 3170. The second-order valence-corrected chi connectivity index (χ2v) is 19.1. The lowest BCUT2D eigenvalue weighted by molar-refractivity contribution is -0.138. The highest BCUT2D eigenvalue weighted by Crippen LogP contribution is 2.39. The molecule has 84 heavy (non-hydrogen) atoms. The van der Waals surface area contributed by atoms with Gasteiger partial charge in [0, 0.05) is 108 Å². The van der Waals surface area contributed by atoms with Crippen molar-refractivity contribution in [3.8, 4) is 11.8 Å². The molecule has 3 aliphatic rings. The number of alkyl halides is 6. The van der Waals surface area contributed by atoms with Gasteiger partial charge >= 0.3 is 18.4 Å². The first-order valence-electron chi connectivity index (χ1n) is 26.0. The second-order valence-electron chi connectivity index (χ2n) is 19.1. The highest BCUT2D eigenvalue weighted by atomic mass is 19.4. The first-order chi connectivity index (χ1) is 40.1. The van der Waals surface area contributed by atoms with E-state index in [2.05, 4.69) is 75.0 Å². The molecule has 0 atom stereocenters. The summed E-state index contributed by atoms with van der Waals surface area (Å²) in [6.07, 6.45) is -4.03. The number of hydrogen-bond donors (Lipinski definition) is 6. The average Bonchev–Trinajstić information content (AvgIpc) is 3.02. The molecule has 0 bridgehead atoms. The number of ether oxygens (including phenoxy) is 2. The summed E-state index contributed by atoms with van der Waals surface area (Å²) in [6, 6.07) is 19.1. The van der Waals surface area contributed by atoms with E-state index in [0.29, 0.717) is 99.1 Å². The molecule has 3 fully saturated rings. The van der Waals surface area contributed by atoms with E-state index in [1.165, 1.54) is 43.4 Å². The van der Waals surface area contributed by atoms with Crippen molar-refractivity contribution in [3.63, 3.8) is 0 Å². The number of anilines is 12. The number of benzene rings is 2. The van der Waals surface area contributed by atoms with Gasteiger partial charge < -0.3 is 65.9 Å². The summed E-state index contributed by atoms with van der Waals surface area (Å²) >= 11 is 0. The zero-order chi connectivity index (χ0) is 60.3. The molecule has 5 amide bonds. The minimum absolute atomic E-state index is 0.0581. The number of nitrogens with one attached hydrogen (secondary N) is 6. The van der Waals surface area contributed by atoms with Gasteiger partial charge in [0.25, 0.3) is 0 Å². The van der Waals surface area contributed by atoms with Gasteiger partial charge in [0.2, 0.25) is 41.4 Å². The molecule has 2 saturated heterocycles. The first kappa shape index (κ1) is 60.1. The van der Waals surface area contributed by atoms with Crippen LogP contribution in [0.5, 0.6) is 11.8 Å². The molecule has 442 valence electrons. The summed E-state index contributed by atoms with van der Waals surface area (Å²) in [7, 11) is 6.26. The van der Waals surface area contributed by atoms with Gasteiger partial charge in [-0.15, -0.1) is 0 Å². The largest absolute Gasteiger partial charge is 0.479 e. The topological polar surface area (TPSA) is 252 Å². The summed E-state index contributed by atoms with van der Waals surface area (Å²) < 4.78 is 93.6. The van der Waals surface area contributed by atoms with Gasteiger partial charge in [-0.1, -0.05) is 25.3 Å². The molecule has 4 aromatic heterocycles. The van der Waals surface area contributed by atoms with E-state index in [4.69, 9.17) is 9.47 Å². The number of nitrogens with zero attached hydrogens (tertiary/aromatic N) is 11. The van der Waals surface area contributed by atoms with Crippen LogP contribution in [0.25, 0.3) is 0 Å². The van der Waals surface area contributed by atoms with Gasteiger partial charge in [0.05, 0.1) is 14.2 Å². The third-order valence-electron chi connectivity index (χ3n) is 13.0. The van der Waals surface area contributed by atoms with Crippen molar-refractivity contribution in [3.05, 3.63) is 122 Å². The average molecular weight is 1170 g/mol. The number of hydrogen-bond acceptors (Lipinski definition) is 18. The SMILES string of the molecule is C=CC(=O)Nc1cccc(Nc2nc(Nc3ccc(N4CCN(C(=O)C5CC5)CC4)nc3OC)ncc2C(F)(F)F)c1.C=CC(=O)Nc1cccc(Nc2nc(Nc3ccc(N4CCN(C(=O)N(C)C)CC4)nc3OC)ncc2C(F)(F)F)c1. The standard InChI is InChI=1S/C28H29F3N8O3.C27H30F3N9O3/c1-3-23(40)33-18-5-4-6-19(15-18)34-24-20(28(29,30)31)16-32-27(37-24)35-21-9-10-22(36-25(21)42-2)38-11-13-39(14-12-38)26(41)17-7-8-17;1-5-22(40)32-17-7-6-8-18(15-17)33-23-19(27(28,29)30)16-31-25(36-23)34-20-9-10-21(35-24(20)42-4)38-11-13-39(14-12-38)26(41)37(2)3/h3-6,9-10,15-17H,1,7-8,11-14H2,2H3,(H,33,40)(H2,32,34,35,37);5-10,15-16H,1,11-14H2,2-4H3,(H,32,40)(H2,31,33,34,36). The number of halogens is 6. The zero-order valence-corrected chi connectivity index (χ0v) is 45.9. The van der Waals surface area contributed by atoms with Gasteiger partial charge in [0.15, 0.2) is 0 Å². The Kier molecular flexibility index (Phi) is 18.8. The van der Waals surface area contributed by atoms with E-state index < -0.39 is 46.9 Å². The molecular weight excluding hydrogens is 1110 g/mol. The number of aromatic nitrogens is 6. The van der Waals surface area contributed by atoms with Gasteiger partial charge in [-0.05, 0) is 85.7 Å². The van der Waals surface area contributed by atoms with Crippen molar-refractivity contribution >= 4 is 93.0 Å². The van der Waals surface area contributed by atoms with E-state index in [1.807, 2.05) is 14.7 Å². The number of carbonyl (C=O) groups is 4. The van der Waals surface area contributed by atoms with E-state index in [1.54, 1.807) is 67.5 Å². The minimum Gasteiger partial charge on any atom is -0.479 e. The molecule has 1 saturated carbocycles. The normalized spacial score (nSPS) is 14.2. The Labute approximate surface area is 478 Å². The van der Waals surface area contributed by atoms with E-state index >= 15 is 0 Å². The maximum atomic E-state index is 13.8. The first-order valence-corrected chi connectivity index (χ1v) is 26.0. The molecule has 0 unspecified atom stereocenters. The highest BCUT2D eigenvalue weighted by Gasteiger charge is 2.38. The molecule has 1 aliphatic carbocycles. The summed E-state index contributed by atoms with van der Waals surface area (Å²) in [5.74, 6) is -0.125. The second kappa shape index (κ2) is 26.3. The van der Waals surface area contributed by atoms with E-state index in [0.717, 1.165) is 25.0 Å². The molecule has 6 N–H and O–H groups in total. The van der Waals surface area contributed by atoms with Crippen molar-refractivity contribution in [2.45, 2.75) is 25.2 Å². The quantitative estimate of drug-likeness (QED) is 0.0368. The molecule has 6 aromatic rings. The van der Waals surface area contributed by atoms with Crippen LogP contribution in [0, 0.1) is 5.92 Å². The minimum atomic E-state index is -4.74. The van der Waals surface area contributed by atoms with Crippen LogP contribution in [0.1, 0.15) is 24.0 Å². The van der Waals surface area contributed by atoms with Crippen molar-refractivity contribution in [2.24, 2.45) is 5.92 Å². The Morgan fingerprint density at radius 2 is 0.976 bits per heavy atom. The number of carbonyl (C=O) groups excluding carboxylic acids is 4. The fraction of sp³-hybridized carbons (Fsp3) is 0.309. The molecule has 2 aliphatic heterocycles. The lowest BCUT2D eigenvalue weighted by atomic mass is 10.2. The Morgan fingerprint density at radius 3 is 1.35 bits per heavy atom. The molecule has 0 radical (unpaired) electrons. The smallest absolute Gasteiger partial charge is 0.421 e. The van der Waals surface area contributed by atoms with Gasteiger partial charge in [-0.2, -0.15) is 46.3 Å². The third-order valence-corrected chi connectivity index (χ3v) is 13.0. The fourth-order valence-electron chi connectivity index (χ4n) is 8.61. The number of urea groups is 1. The molecular formula is C55H59F6N17O6. The van der Waals surface area contributed by atoms with Crippen LogP contribution >= 0.6 is 0 Å². The molecule has 2 aromatic carbocycles. The van der Waals surface area contributed by atoms with Crippen molar-refractivity contribution in [2.75, 3.05) is 122 Å². The van der Waals surface area contributed by atoms with E-state index in [9.17, 15) is 45.5 Å². The fourth-order valence-corrected chi connectivity index (χ4v) is 8.61. The van der Waals surface area contributed by atoms with Crippen LogP contribution < -0.4 is 51.2 Å². The third kappa shape index (κ3) is 15.5. The van der Waals surface area contributed by atoms with Crippen LogP contribution in [0.4, 0.5) is 100 Å². The number of rotatable bonds is 17.